The predicted octanol–water partition coefficient (Wildman–Crippen LogP) is 0.275. The summed E-state index contributed by atoms with van der Waals surface area (Å²) >= 11 is 0. The standard InChI is InChI=1S/C21H34N4O5/c1-13(2)11-17(24-16(9-10-22)21(28)29)20(27)25-18(19(26)23-3)12-14-5-7-15(30-4)8-6-14/h5-8,13,16-18,24H,9-12,22H2,1-4H3,(H,23,26)(H,25,27)(H,28,29)/t16?,17-,18-/m0/s1. The number of hydrogen-bond acceptors (Lipinski definition) is 6. The van der Waals surface area contributed by atoms with E-state index in [1.54, 1.807) is 19.2 Å². The molecule has 1 unspecified atom stereocenters. The number of carboxylic acids is 1. The fourth-order valence-corrected chi connectivity index (χ4v) is 3.06. The van der Waals surface area contributed by atoms with Gasteiger partial charge in [0.05, 0.1) is 13.2 Å². The summed E-state index contributed by atoms with van der Waals surface area (Å²) in [6, 6.07) is 4.71. The van der Waals surface area contributed by atoms with E-state index in [1.807, 2.05) is 26.0 Å². The highest BCUT2D eigenvalue weighted by atomic mass is 16.5. The maximum atomic E-state index is 13.0. The van der Waals surface area contributed by atoms with Crippen LogP contribution in [0.25, 0.3) is 0 Å². The number of hydrogen-bond donors (Lipinski definition) is 5. The van der Waals surface area contributed by atoms with Gasteiger partial charge in [-0.15, -0.1) is 0 Å². The molecule has 0 bridgehead atoms. The van der Waals surface area contributed by atoms with E-state index in [0.717, 1.165) is 5.56 Å². The topological polar surface area (TPSA) is 143 Å². The number of carbonyl (C=O) groups is 3. The van der Waals surface area contributed by atoms with Crippen molar-refractivity contribution in [2.45, 2.75) is 51.2 Å². The zero-order chi connectivity index (χ0) is 22.7. The molecule has 9 nitrogen and oxygen atoms in total. The fourth-order valence-electron chi connectivity index (χ4n) is 3.06. The van der Waals surface area contributed by atoms with Crippen LogP contribution < -0.4 is 26.4 Å². The number of amides is 2. The average molecular weight is 423 g/mol. The lowest BCUT2D eigenvalue weighted by Gasteiger charge is -2.26. The summed E-state index contributed by atoms with van der Waals surface area (Å²) in [5.41, 5.74) is 6.35. The van der Waals surface area contributed by atoms with Gasteiger partial charge in [-0.25, -0.2) is 0 Å². The minimum atomic E-state index is -1.07. The first-order valence-electron chi connectivity index (χ1n) is 10.1. The molecular weight excluding hydrogens is 388 g/mol. The van der Waals surface area contributed by atoms with Gasteiger partial charge in [-0.3, -0.25) is 19.7 Å². The van der Waals surface area contributed by atoms with Crippen LogP contribution in [0.15, 0.2) is 24.3 Å². The lowest BCUT2D eigenvalue weighted by Crippen LogP contribution is -2.56. The van der Waals surface area contributed by atoms with Crippen LogP contribution >= 0.6 is 0 Å². The Morgan fingerprint density at radius 1 is 1.07 bits per heavy atom. The summed E-state index contributed by atoms with van der Waals surface area (Å²) in [5, 5.41) is 17.6. The van der Waals surface area contributed by atoms with E-state index in [-0.39, 0.29) is 31.2 Å². The number of methoxy groups -OCH3 is 1. The van der Waals surface area contributed by atoms with Gasteiger partial charge in [0, 0.05) is 13.5 Å². The normalized spacial score (nSPS) is 13.9. The summed E-state index contributed by atoms with van der Waals surface area (Å²) in [6.07, 6.45) is 0.903. The molecule has 168 valence electrons. The molecule has 0 aliphatic carbocycles. The SMILES string of the molecule is CNC(=O)[C@H](Cc1ccc(OC)cc1)NC(=O)[C@H](CC(C)C)NC(CCN)C(=O)O. The molecule has 6 N–H and O–H groups in total. The van der Waals surface area contributed by atoms with Gasteiger partial charge in [-0.1, -0.05) is 26.0 Å². The molecule has 0 aliphatic heterocycles. The average Bonchev–Trinajstić information content (AvgIpc) is 2.71. The Hall–Kier alpha value is -2.65. The molecule has 0 aliphatic rings. The van der Waals surface area contributed by atoms with Gasteiger partial charge in [0.1, 0.15) is 17.8 Å². The minimum absolute atomic E-state index is 0.139. The molecule has 30 heavy (non-hydrogen) atoms. The Morgan fingerprint density at radius 2 is 1.70 bits per heavy atom. The highest BCUT2D eigenvalue weighted by molar-refractivity contribution is 5.90. The molecule has 1 aromatic rings. The number of benzene rings is 1. The number of carboxylic acid groups (broad SMARTS) is 1. The van der Waals surface area contributed by atoms with E-state index >= 15 is 0 Å². The lowest BCUT2D eigenvalue weighted by molar-refractivity contribution is -0.140. The first-order valence-corrected chi connectivity index (χ1v) is 10.1. The summed E-state index contributed by atoms with van der Waals surface area (Å²) in [4.78, 5) is 36.8. The molecule has 1 aromatic carbocycles. The Balaban J connectivity index is 2.97. The van der Waals surface area contributed by atoms with Gasteiger partial charge in [0.15, 0.2) is 0 Å². The highest BCUT2D eigenvalue weighted by Gasteiger charge is 2.29. The monoisotopic (exact) mass is 422 g/mol. The molecule has 1 rings (SSSR count). The van der Waals surface area contributed by atoms with Crippen molar-refractivity contribution in [3.8, 4) is 5.75 Å². The van der Waals surface area contributed by atoms with Crippen LogP contribution in [0.3, 0.4) is 0 Å². The van der Waals surface area contributed by atoms with Crippen molar-refractivity contribution in [2.24, 2.45) is 11.7 Å². The number of ether oxygens (including phenoxy) is 1. The van der Waals surface area contributed by atoms with E-state index in [1.165, 1.54) is 7.05 Å². The third-order valence-corrected chi connectivity index (χ3v) is 4.66. The van der Waals surface area contributed by atoms with Gasteiger partial charge in [-0.05, 0) is 43.0 Å². The smallest absolute Gasteiger partial charge is 0.320 e. The van der Waals surface area contributed by atoms with Crippen LogP contribution in [0, 0.1) is 5.92 Å². The van der Waals surface area contributed by atoms with E-state index < -0.39 is 30.0 Å². The Bertz CT molecular complexity index is 693. The van der Waals surface area contributed by atoms with Crippen molar-refractivity contribution in [3.05, 3.63) is 29.8 Å². The second kappa shape index (κ2) is 12.8. The van der Waals surface area contributed by atoms with Crippen LogP contribution in [-0.2, 0) is 20.8 Å². The van der Waals surface area contributed by atoms with Crippen molar-refractivity contribution >= 4 is 17.8 Å². The summed E-state index contributed by atoms with van der Waals surface area (Å²) < 4.78 is 5.14. The maximum Gasteiger partial charge on any atom is 0.320 e. The molecule has 0 fully saturated rings. The van der Waals surface area contributed by atoms with Crippen LogP contribution in [0.1, 0.15) is 32.3 Å². The number of carbonyl (C=O) groups excluding carboxylic acids is 2. The molecule has 0 saturated carbocycles. The van der Waals surface area contributed by atoms with Gasteiger partial charge in [0.25, 0.3) is 0 Å². The van der Waals surface area contributed by atoms with Crippen molar-refractivity contribution in [2.75, 3.05) is 20.7 Å². The quantitative estimate of drug-likeness (QED) is 0.307. The van der Waals surface area contributed by atoms with E-state index in [4.69, 9.17) is 10.5 Å². The Labute approximate surface area is 177 Å². The van der Waals surface area contributed by atoms with Crippen molar-refractivity contribution in [1.29, 1.82) is 0 Å². The van der Waals surface area contributed by atoms with E-state index in [2.05, 4.69) is 16.0 Å². The summed E-state index contributed by atoms with van der Waals surface area (Å²) in [7, 11) is 3.07. The number of nitrogens with two attached hydrogens (primary N) is 1. The van der Waals surface area contributed by atoms with Gasteiger partial charge in [0.2, 0.25) is 11.8 Å². The van der Waals surface area contributed by atoms with Gasteiger partial charge >= 0.3 is 5.97 Å². The zero-order valence-corrected chi connectivity index (χ0v) is 18.1. The molecule has 0 aromatic heterocycles. The second-order valence-corrected chi connectivity index (χ2v) is 7.54. The maximum absolute atomic E-state index is 13.0. The van der Waals surface area contributed by atoms with Crippen LogP contribution in [0.4, 0.5) is 0 Å². The van der Waals surface area contributed by atoms with E-state index in [0.29, 0.717) is 12.2 Å². The van der Waals surface area contributed by atoms with E-state index in [9.17, 15) is 19.5 Å². The molecule has 3 atom stereocenters. The molecule has 9 heteroatoms. The number of aliphatic carboxylic acids is 1. The Morgan fingerprint density at radius 3 is 2.17 bits per heavy atom. The van der Waals surface area contributed by atoms with Gasteiger partial charge < -0.3 is 26.2 Å². The largest absolute Gasteiger partial charge is 0.497 e. The van der Waals surface area contributed by atoms with Crippen LogP contribution in [-0.4, -0.2) is 61.7 Å². The fraction of sp³-hybridized carbons (Fsp3) is 0.571. The molecule has 0 heterocycles. The molecule has 0 radical (unpaired) electrons. The van der Waals surface area contributed by atoms with Crippen molar-refractivity contribution < 1.29 is 24.2 Å². The van der Waals surface area contributed by atoms with Crippen LogP contribution in [0.2, 0.25) is 0 Å². The predicted molar refractivity (Wildman–Crippen MR) is 114 cm³/mol. The summed E-state index contributed by atoms with van der Waals surface area (Å²) in [6.45, 7) is 4.06. The Kier molecular flexibility index (Phi) is 10.8. The van der Waals surface area contributed by atoms with Crippen LogP contribution in [0.5, 0.6) is 5.75 Å². The molecular formula is C21H34N4O5. The highest BCUT2D eigenvalue weighted by Crippen LogP contribution is 2.13. The minimum Gasteiger partial charge on any atom is -0.497 e. The first kappa shape index (κ1) is 25.4. The number of rotatable bonds is 13. The molecule has 0 spiro atoms. The molecule has 2 amide bonds. The lowest BCUT2D eigenvalue weighted by atomic mass is 10.00. The van der Waals surface area contributed by atoms with Gasteiger partial charge in [-0.2, -0.15) is 0 Å². The zero-order valence-electron chi connectivity index (χ0n) is 18.1. The van der Waals surface area contributed by atoms with Crippen molar-refractivity contribution in [1.82, 2.24) is 16.0 Å². The van der Waals surface area contributed by atoms with Crippen molar-refractivity contribution in [3.63, 3.8) is 0 Å². The summed E-state index contributed by atoms with van der Waals surface area (Å²) in [5.74, 6) is -0.989. The second-order valence-electron chi connectivity index (χ2n) is 7.54. The first-order chi connectivity index (χ1) is 14.2. The number of nitrogens with one attached hydrogen (secondary N) is 3. The number of likely N-dealkylation sites (N-methyl/N-ethyl adjacent to an activating group) is 1. The molecule has 0 saturated heterocycles. The third-order valence-electron chi connectivity index (χ3n) is 4.66. The third kappa shape index (κ3) is 8.38.